The highest BCUT2D eigenvalue weighted by Gasteiger charge is 2.12. The van der Waals surface area contributed by atoms with Crippen molar-refractivity contribution in [1.29, 1.82) is 0 Å². The van der Waals surface area contributed by atoms with Crippen LogP contribution < -0.4 is 16.6 Å². The minimum absolute atomic E-state index is 0.134. The lowest BCUT2D eigenvalue weighted by Gasteiger charge is -2.08. The molecular weight excluding hydrogens is 358 g/mol. The van der Waals surface area contributed by atoms with E-state index in [1.54, 1.807) is 42.5 Å². The second-order valence-corrected chi connectivity index (χ2v) is 5.98. The molecule has 0 atom stereocenters. The fourth-order valence-corrected chi connectivity index (χ4v) is 2.75. The van der Waals surface area contributed by atoms with E-state index >= 15 is 0 Å². The van der Waals surface area contributed by atoms with Crippen LogP contribution in [0.25, 0.3) is 11.1 Å². The van der Waals surface area contributed by atoms with Crippen molar-refractivity contribution in [3.8, 4) is 0 Å². The number of fused-ring (bicyclic) bond motifs is 1. The molecule has 0 aliphatic heterocycles. The average molecular weight is 374 g/mol. The van der Waals surface area contributed by atoms with E-state index in [-0.39, 0.29) is 17.9 Å². The second kappa shape index (κ2) is 7.88. The van der Waals surface area contributed by atoms with E-state index in [0.29, 0.717) is 29.1 Å². The summed E-state index contributed by atoms with van der Waals surface area (Å²) in [5.74, 6) is -1.33. The molecule has 0 bridgehead atoms. The summed E-state index contributed by atoms with van der Waals surface area (Å²) in [4.78, 5) is 35.7. The quantitative estimate of drug-likeness (QED) is 0.672. The summed E-state index contributed by atoms with van der Waals surface area (Å²) in [7, 11) is 0. The molecule has 0 aliphatic rings. The van der Waals surface area contributed by atoms with Gasteiger partial charge in [0.25, 0.3) is 5.91 Å². The summed E-state index contributed by atoms with van der Waals surface area (Å²) in [5.41, 5.74) is 6.11. The molecule has 0 fully saturated rings. The molecule has 0 spiro atoms. The molecule has 7 nitrogen and oxygen atoms in total. The number of halogens is 1. The van der Waals surface area contributed by atoms with Crippen molar-refractivity contribution in [2.75, 3.05) is 0 Å². The number of oxazole rings is 1. The molecule has 2 aromatic carbocycles. The van der Waals surface area contributed by atoms with Crippen molar-refractivity contribution >= 4 is 34.5 Å². The summed E-state index contributed by atoms with van der Waals surface area (Å²) >= 11 is 5.92. The Bertz CT molecular complexity index is 1010. The average Bonchev–Trinajstić information content (AvgIpc) is 2.95. The normalized spacial score (nSPS) is 10.7. The van der Waals surface area contributed by atoms with Crippen LogP contribution in [-0.4, -0.2) is 16.4 Å². The van der Waals surface area contributed by atoms with Crippen molar-refractivity contribution < 1.29 is 14.0 Å². The van der Waals surface area contributed by atoms with E-state index in [0.717, 1.165) is 0 Å². The molecule has 0 unspecified atom stereocenters. The Balaban J connectivity index is 1.50. The van der Waals surface area contributed by atoms with E-state index in [1.165, 1.54) is 4.57 Å². The molecule has 1 heterocycles. The number of hydrogen-bond donors (Lipinski definition) is 2. The lowest BCUT2D eigenvalue weighted by atomic mass is 10.2. The van der Waals surface area contributed by atoms with Gasteiger partial charge in [-0.25, -0.2) is 4.79 Å². The lowest BCUT2D eigenvalue weighted by Crippen LogP contribution is -2.41. The molecule has 0 saturated carbocycles. The number of para-hydroxylation sites is 2. The molecule has 0 aliphatic carbocycles. The van der Waals surface area contributed by atoms with Crippen LogP contribution in [0.15, 0.2) is 57.7 Å². The Hall–Kier alpha value is -3.06. The highest BCUT2D eigenvalue weighted by molar-refractivity contribution is 6.33. The van der Waals surface area contributed by atoms with Gasteiger partial charge in [0.2, 0.25) is 5.91 Å². The first-order valence-electron chi connectivity index (χ1n) is 7.98. The molecule has 8 heteroatoms. The summed E-state index contributed by atoms with van der Waals surface area (Å²) in [6, 6.07) is 13.6. The molecule has 0 radical (unpaired) electrons. The maximum Gasteiger partial charge on any atom is 0.419 e. The number of carbonyl (C=O) groups is 2. The van der Waals surface area contributed by atoms with Gasteiger partial charge in [-0.05, 0) is 30.7 Å². The Morgan fingerprint density at radius 3 is 2.58 bits per heavy atom. The molecular formula is C18H16ClN3O4. The smallest absolute Gasteiger partial charge is 0.408 e. The maximum absolute atomic E-state index is 12.0. The molecule has 1 aromatic heterocycles. The van der Waals surface area contributed by atoms with Gasteiger partial charge in [0, 0.05) is 13.0 Å². The maximum atomic E-state index is 12.0. The van der Waals surface area contributed by atoms with Crippen LogP contribution in [0.1, 0.15) is 23.2 Å². The zero-order chi connectivity index (χ0) is 18.5. The van der Waals surface area contributed by atoms with E-state index in [2.05, 4.69) is 10.9 Å². The summed E-state index contributed by atoms with van der Waals surface area (Å²) in [5, 5.41) is 0.297. The van der Waals surface area contributed by atoms with Crippen LogP contribution in [0.3, 0.4) is 0 Å². The molecule has 0 saturated heterocycles. The van der Waals surface area contributed by atoms with Crippen LogP contribution in [0.5, 0.6) is 0 Å². The zero-order valence-corrected chi connectivity index (χ0v) is 14.5. The summed E-state index contributed by atoms with van der Waals surface area (Å²) in [6.45, 7) is 0.335. The molecule has 134 valence electrons. The molecule has 3 aromatic rings. The van der Waals surface area contributed by atoms with E-state index < -0.39 is 11.7 Å². The number of benzene rings is 2. The number of aromatic nitrogens is 1. The fourth-order valence-electron chi connectivity index (χ4n) is 2.53. The minimum atomic E-state index is -0.499. The first-order valence-corrected chi connectivity index (χ1v) is 8.36. The van der Waals surface area contributed by atoms with Crippen molar-refractivity contribution in [2.24, 2.45) is 0 Å². The van der Waals surface area contributed by atoms with Crippen LogP contribution in [0.2, 0.25) is 5.02 Å². The molecule has 2 N–H and O–H groups in total. The van der Waals surface area contributed by atoms with Gasteiger partial charge in [-0.2, -0.15) is 0 Å². The number of aryl methyl sites for hydroxylation is 1. The third kappa shape index (κ3) is 3.94. The van der Waals surface area contributed by atoms with Gasteiger partial charge in [-0.15, -0.1) is 0 Å². The highest BCUT2D eigenvalue weighted by Crippen LogP contribution is 2.14. The first kappa shape index (κ1) is 17.8. The van der Waals surface area contributed by atoms with Crippen molar-refractivity contribution in [2.45, 2.75) is 19.4 Å². The van der Waals surface area contributed by atoms with Gasteiger partial charge >= 0.3 is 5.76 Å². The SMILES string of the molecule is O=C(CCCn1c(=O)oc2ccccc21)NNC(=O)c1ccccc1Cl. The monoisotopic (exact) mass is 373 g/mol. The Kier molecular flexibility index (Phi) is 5.38. The van der Waals surface area contributed by atoms with Gasteiger partial charge in [0.1, 0.15) is 0 Å². The van der Waals surface area contributed by atoms with Crippen molar-refractivity contribution in [3.63, 3.8) is 0 Å². The van der Waals surface area contributed by atoms with Gasteiger partial charge in [-0.1, -0.05) is 35.9 Å². The van der Waals surface area contributed by atoms with Crippen LogP contribution in [-0.2, 0) is 11.3 Å². The molecule has 26 heavy (non-hydrogen) atoms. The third-order valence-electron chi connectivity index (χ3n) is 3.79. The van der Waals surface area contributed by atoms with E-state index in [4.69, 9.17) is 16.0 Å². The van der Waals surface area contributed by atoms with Crippen molar-refractivity contribution in [3.05, 3.63) is 69.7 Å². The number of amides is 2. The Morgan fingerprint density at radius 1 is 1.04 bits per heavy atom. The zero-order valence-electron chi connectivity index (χ0n) is 13.7. The van der Waals surface area contributed by atoms with Gasteiger partial charge < -0.3 is 4.42 Å². The van der Waals surface area contributed by atoms with Gasteiger partial charge in [-0.3, -0.25) is 25.0 Å². The lowest BCUT2D eigenvalue weighted by molar-refractivity contribution is -0.122. The highest BCUT2D eigenvalue weighted by atomic mass is 35.5. The predicted octanol–water partition coefficient (Wildman–Crippen LogP) is 2.49. The first-order chi connectivity index (χ1) is 12.6. The Labute approximate surface area is 153 Å². The minimum Gasteiger partial charge on any atom is -0.408 e. The Morgan fingerprint density at radius 2 is 1.77 bits per heavy atom. The van der Waals surface area contributed by atoms with Gasteiger partial charge in [0.15, 0.2) is 5.58 Å². The topological polar surface area (TPSA) is 93.3 Å². The predicted molar refractivity (Wildman–Crippen MR) is 96.8 cm³/mol. The number of nitrogens with one attached hydrogen (secondary N) is 2. The van der Waals surface area contributed by atoms with Gasteiger partial charge in [0.05, 0.1) is 16.1 Å². The van der Waals surface area contributed by atoms with E-state index in [9.17, 15) is 14.4 Å². The summed E-state index contributed by atoms with van der Waals surface area (Å²) < 4.78 is 6.61. The molecule has 3 rings (SSSR count). The number of nitrogens with zero attached hydrogens (tertiary/aromatic N) is 1. The van der Waals surface area contributed by atoms with E-state index in [1.807, 2.05) is 6.07 Å². The fraction of sp³-hybridized carbons (Fsp3) is 0.167. The number of hydrogen-bond acceptors (Lipinski definition) is 4. The number of hydrazine groups is 1. The summed E-state index contributed by atoms with van der Waals surface area (Å²) in [6.07, 6.45) is 0.548. The van der Waals surface area contributed by atoms with Crippen LogP contribution in [0.4, 0.5) is 0 Å². The number of rotatable bonds is 5. The molecule has 2 amide bonds. The van der Waals surface area contributed by atoms with Crippen molar-refractivity contribution in [1.82, 2.24) is 15.4 Å². The third-order valence-corrected chi connectivity index (χ3v) is 4.12. The standard InChI is InChI=1S/C18H16ClN3O4/c19-13-7-2-1-6-12(13)17(24)21-20-16(23)10-5-11-22-14-8-3-4-9-15(14)26-18(22)25/h1-4,6-9H,5,10-11H2,(H,20,23)(H,21,24). The largest absolute Gasteiger partial charge is 0.419 e. The number of carbonyl (C=O) groups excluding carboxylic acids is 2. The second-order valence-electron chi connectivity index (χ2n) is 5.57. The van der Waals surface area contributed by atoms with Crippen LogP contribution in [0, 0.1) is 0 Å². The van der Waals surface area contributed by atoms with Crippen LogP contribution >= 0.6 is 11.6 Å².